The number of nitrogen functional groups attached to an aromatic ring is 3. The zero-order chi connectivity index (χ0) is 80.4. The van der Waals surface area contributed by atoms with E-state index >= 15 is 0 Å². The minimum Gasteiger partial charge on any atom is -1.00 e. The van der Waals surface area contributed by atoms with Crippen molar-refractivity contribution in [2.75, 3.05) is 50.3 Å². The first-order valence-corrected chi connectivity index (χ1v) is 40.2. The van der Waals surface area contributed by atoms with E-state index in [1.165, 1.54) is 127 Å². The fourth-order valence-corrected chi connectivity index (χ4v) is 15.4. The van der Waals surface area contributed by atoms with Crippen LogP contribution in [0.15, 0.2) is 121 Å². The number of aryl methyl sites for hydroxylation is 7. The third-order valence-corrected chi connectivity index (χ3v) is 21.7. The number of benzene rings is 8. The molecule has 0 saturated heterocycles. The summed E-state index contributed by atoms with van der Waals surface area (Å²) < 4.78 is 36.0. The third kappa shape index (κ3) is 28.6. The monoisotopic (exact) mass is 1620 g/mol. The summed E-state index contributed by atoms with van der Waals surface area (Å²) in [6.07, 6.45) is 9.55. The molecule has 11 nitrogen and oxygen atoms in total. The van der Waals surface area contributed by atoms with Crippen molar-refractivity contribution in [2.45, 2.75) is 253 Å². The molecule has 0 spiro atoms. The van der Waals surface area contributed by atoms with E-state index in [1.807, 2.05) is 39.5 Å². The Balaban J connectivity index is 0.000000362. The molecule has 112 heavy (non-hydrogen) atoms. The molecule has 0 fully saturated rings. The van der Waals surface area contributed by atoms with Gasteiger partial charge in [0.25, 0.3) is 0 Å². The van der Waals surface area contributed by atoms with E-state index < -0.39 is 11.7 Å². The largest absolute Gasteiger partial charge is 1.00 e. The maximum Gasteiger partial charge on any atom is 1.00 e. The van der Waals surface area contributed by atoms with E-state index in [0.717, 1.165) is 139 Å². The van der Waals surface area contributed by atoms with Crippen molar-refractivity contribution in [1.29, 1.82) is 0 Å². The second kappa shape index (κ2) is 44.0. The average Bonchev–Trinajstić information content (AvgIpc) is 1.75. The molecule has 0 atom stereocenters. The Morgan fingerprint density at radius 2 is 0.857 bits per heavy atom. The van der Waals surface area contributed by atoms with Gasteiger partial charge >= 0.3 is 25.0 Å². The predicted molar refractivity (Wildman–Crippen MR) is 469 cm³/mol. The van der Waals surface area contributed by atoms with Gasteiger partial charge in [0, 0.05) is 121 Å². The molecule has 8 aromatic carbocycles. The SMILES string of the molecule is C.CC(C)(C)CC(=O)Cl.Cc1cc2c(c(C)c1N)CCCC(=O)C2.Cc1ccc(CN2C(=O)CCCc3c2cc(C)c(N)c3C)cc1.Cc1ccc(CN2CCCCc3c2cc(C)c(N)c3C)cc1.Cc1ccc(CN2CCCCc3c2cc(C)c(NC(=O)CC(C)(C)C)c3C)cc1.FC(F)(F)c1ccc(CBr)cc1.[Al].[H-].[Li+]. The van der Waals surface area contributed by atoms with Gasteiger partial charge in [-0.25, -0.2) is 0 Å². The van der Waals surface area contributed by atoms with Gasteiger partial charge in [-0.15, -0.1) is 0 Å². The molecular formula is C94H125AlBrClF3LiN7O4. The van der Waals surface area contributed by atoms with Crippen molar-refractivity contribution in [3.05, 3.63) is 238 Å². The quantitative estimate of drug-likeness (QED) is 0.0342. The fraction of sp³-hybridized carbons (Fsp3) is 0.447. The van der Waals surface area contributed by atoms with Crippen molar-refractivity contribution in [3.63, 3.8) is 0 Å². The van der Waals surface area contributed by atoms with Crippen molar-refractivity contribution in [2.24, 2.45) is 10.8 Å². The van der Waals surface area contributed by atoms with Crippen LogP contribution in [-0.2, 0) is 82.4 Å². The molecular weight excluding hydrogens is 1500 g/mol. The van der Waals surface area contributed by atoms with E-state index in [9.17, 15) is 32.3 Å². The molecule has 4 aliphatic rings. The fourth-order valence-electron chi connectivity index (χ4n) is 14.6. The Morgan fingerprint density at radius 1 is 0.482 bits per heavy atom. The van der Waals surface area contributed by atoms with Crippen LogP contribution in [0.5, 0.6) is 0 Å². The number of nitrogens with two attached hydrogens (primary N) is 3. The first-order valence-electron chi connectivity index (χ1n) is 38.7. The third-order valence-electron chi connectivity index (χ3n) is 20.9. The smallest absolute Gasteiger partial charge is 1.00 e. The topological polar surface area (TPSA) is 168 Å². The van der Waals surface area contributed by atoms with Gasteiger partial charge in [0.05, 0.1) is 12.1 Å². The normalized spacial score (nSPS) is 13.8. The van der Waals surface area contributed by atoms with Gasteiger partial charge in [-0.3, -0.25) is 19.2 Å². The number of nitrogens with one attached hydrogen (secondary N) is 1. The molecule has 3 radical (unpaired) electrons. The molecule has 12 rings (SSSR count). The number of Topliss-reactive ketones (excluding diaryl/α,β-unsaturated/α-hetero) is 1. The van der Waals surface area contributed by atoms with Crippen LogP contribution in [-0.4, -0.2) is 53.3 Å². The van der Waals surface area contributed by atoms with Crippen LogP contribution in [0.25, 0.3) is 0 Å². The number of carbonyl (C=O) groups excluding carboxylic acids is 4. The molecule has 0 saturated carbocycles. The Morgan fingerprint density at radius 3 is 1.29 bits per heavy atom. The van der Waals surface area contributed by atoms with Gasteiger partial charge in [0.15, 0.2) is 0 Å². The molecule has 8 aromatic rings. The molecule has 0 aromatic heterocycles. The van der Waals surface area contributed by atoms with Gasteiger partial charge in [-0.1, -0.05) is 173 Å². The van der Waals surface area contributed by atoms with E-state index in [-0.39, 0.29) is 73.0 Å². The van der Waals surface area contributed by atoms with Crippen LogP contribution in [0, 0.1) is 87.0 Å². The number of anilines is 7. The van der Waals surface area contributed by atoms with Gasteiger partial charge in [-0.2, -0.15) is 13.2 Å². The summed E-state index contributed by atoms with van der Waals surface area (Å²) in [7, 11) is 0. The zero-order valence-electron chi connectivity index (χ0n) is 70.6. The second-order valence-corrected chi connectivity index (χ2v) is 33.8. The number of carbonyl (C=O) groups is 4. The van der Waals surface area contributed by atoms with Crippen LogP contribution >= 0.6 is 27.5 Å². The van der Waals surface area contributed by atoms with Crippen LogP contribution < -0.4 is 56.1 Å². The summed E-state index contributed by atoms with van der Waals surface area (Å²) in [6, 6.07) is 40.0. The first kappa shape index (κ1) is 97.1. The van der Waals surface area contributed by atoms with Crippen molar-refractivity contribution < 1.29 is 52.6 Å². The average molecular weight is 1620 g/mol. The summed E-state index contributed by atoms with van der Waals surface area (Å²) >= 11 is 8.27. The number of amides is 2. The number of ketones is 1. The molecule has 1 aliphatic carbocycles. The van der Waals surface area contributed by atoms with E-state index in [1.54, 1.807) is 0 Å². The summed E-state index contributed by atoms with van der Waals surface area (Å²) in [6.45, 7) is 40.1. The van der Waals surface area contributed by atoms with Crippen LogP contribution in [0.2, 0.25) is 0 Å². The Bertz CT molecular complexity index is 4470. The van der Waals surface area contributed by atoms with Crippen molar-refractivity contribution in [3.8, 4) is 0 Å². The van der Waals surface area contributed by atoms with E-state index in [2.05, 4.69) is 211 Å². The Hall–Kier alpha value is -7.27. The Kier molecular flexibility index (Phi) is 38.1. The number of alkyl halides is 4. The zero-order valence-corrected chi connectivity index (χ0v) is 73.1. The number of hydrogen-bond acceptors (Lipinski definition) is 9. The van der Waals surface area contributed by atoms with E-state index in [4.69, 9.17) is 28.8 Å². The molecule has 7 N–H and O–H groups in total. The van der Waals surface area contributed by atoms with Crippen molar-refractivity contribution >= 4 is 108 Å². The molecule has 3 heterocycles. The van der Waals surface area contributed by atoms with Gasteiger partial charge < -0.3 is 38.6 Å². The van der Waals surface area contributed by atoms with Crippen LogP contribution in [0.1, 0.15) is 231 Å². The summed E-state index contributed by atoms with van der Waals surface area (Å²) in [5.74, 6) is 0.666. The summed E-state index contributed by atoms with van der Waals surface area (Å²) in [5, 5.41) is 3.54. The number of hydrogen-bond donors (Lipinski definition) is 4. The predicted octanol–water partition coefficient (Wildman–Crippen LogP) is 20.4. The molecule has 3 aliphatic heterocycles. The number of nitrogens with zero attached hydrogens (tertiary/aromatic N) is 3. The molecule has 18 heteroatoms. The van der Waals surface area contributed by atoms with Gasteiger partial charge in [-0.05, 0) is 288 Å². The van der Waals surface area contributed by atoms with Crippen molar-refractivity contribution in [1.82, 2.24) is 0 Å². The standard InChI is InChI=1S/C26H36N2O.C20H24N2O.C20H26N2.C13H17NO.C8H6BrF3.C6H11ClO.CH4.Al.Li.H/c1-18-10-12-21(13-11-18)17-28-14-8-7-9-22-20(3)25(19(2)15-23(22)28)27-24(29)16-26(4,5)6;1-13-7-9-16(10-8-13)12-22-18-11-14(2)20(21)15(3)17(18)5-4-6-19(22)23;1-14-7-9-17(10-8-14)13-22-11-5-4-6-18-16(3)20(21)15(2)12-19(18)22;1-8-6-10-7-11(15)4-3-5-12(10)9(2)13(8)14;9-5-6-1-3-7(4-2-6)8(10,11)12;1-6(2,3)4-5(7)8;;;;/h10-13,15H,7-9,14,16-17H2,1-6H3,(H,27,29);7-11H,4-6,12,21H2,1-3H3;7-10,12H,4-6,11,13,21H2,1-3H3;6H,3-5,7,14H2,1-2H3;1-4H,5H2;4H2,1-3H3;1H4;;;/q;;;;;;;;+1;-1. The molecule has 0 bridgehead atoms. The number of halogens is 5. The molecule has 0 unspecified atom stereocenters. The minimum absolute atomic E-state index is 0. The first-order chi connectivity index (χ1) is 51.2. The number of fused-ring (bicyclic) bond motifs is 4. The maximum absolute atomic E-state index is 12.7. The second-order valence-electron chi connectivity index (χ2n) is 32.8. The Labute approximate surface area is 706 Å². The summed E-state index contributed by atoms with van der Waals surface area (Å²) in [5.41, 5.74) is 49.9. The van der Waals surface area contributed by atoms with Gasteiger partial charge in [0.2, 0.25) is 17.1 Å². The number of rotatable bonds is 10. The minimum atomic E-state index is -4.23. The molecule has 2 amide bonds. The van der Waals surface area contributed by atoms with E-state index in [0.29, 0.717) is 49.8 Å². The van der Waals surface area contributed by atoms with Gasteiger partial charge in [0.1, 0.15) is 5.78 Å². The maximum atomic E-state index is 12.7. The van der Waals surface area contributed by atoms with Crippen LogP contribution in [0.4, 0.5) is 53.0 Å². The molecule has 599 valence electrons. The summed E-state index contributed by atoms with van der Waals surface area (Å²) in [4.78, 5) is 54.0. The van der Waals surface area contributed by atoms with Crippen LogP contribution in [0.3, 0.4) is 0 Å².